The first kappa shape index (κ1) is 64.7. The highest BCUT2D eigenvalue weighted by Crippen LogP contribution is 2.34. The van der Waals surface area contributed by atoms with Gasteiger partial charge >= 0.3 is 58.8 Å². The normalized spacial score (nSPS) is 16.9. The Kier molecular flexibility index (Phi) is 24.8. The third-order valence-electron chi connectivity index (χ3n) is 8.84. The van der Waals surface area contributed by atoms with Crippen molar-refractivity contribution in [1.82, 2.24) is 9.78 Å². The van der Waals surface area contributed by atoms with Crippen LogP contribution >= 0.6 is 0 Å². The number of phenolic OH excluding ortho intramolecular Hbond substituents is 1. The van der Waals surface area contributed by atoms with E-state index in [0.29, 0.717) is 51.5 Å². The Hall–Kier alpha value is -5.35. The van der Waals surface area contributed by atoms with Gasteiger partial charge in [0.15, 0.2) is 17.8 Å². The van der Waals surface area contributed by atoms with Crippen molar-refractivity contribution in [2.75, 3.05) is 59.5 Å². The zero-order chi connectivity index (χ0) is 54.2. The zero-order valence-corrected chi connectivity index (χ0v) is 39.9. The molecular formula is C39H49F9N2O19S3. The second kappa shape index (κ2) is 27.6. The summed E-state index contributed by atoms with van der Waals surface area (Å²) in [6, 6.07) is 7.03. The predicted molar refractivity (Wildman–Crippen MR) is 227 cm³/mol. The van der Waals surface area contributed by atoms with E-state index in [4.69, 9.17) is 23.7 Å². The fraction of sp³-hybridized carbons (Fsp3) is 0.564. The van der Waals surface area contributed by atoms with Gasteiger partial charge in [-0.3, -0.25) is 19.1 Å². The van der Waals surface area contributed by atoms with E-state index in [1.54, 1.807) is 25.3 Å². The van der Waals surface area contributed by atoms with Gasteiger partial charge in [0.2, 0.25) is 0 Å². The Morgan fingerprint density at radius 2 is 1.38 bits per heavy atom. The van der Waals surface area contributed by atoms with E-state index >= 15 is 0 Å². The minimum atomic E-state index is -6.85. The summed E-state index contributed by atoms with van der Waals surface area (Å²) in [6.45, 7) is 9.25. The van der Waals surface area contributed by atoms with Crippen LogP contribution < -0.4 is 4.74 Å². The van der Waals surface area contributed by atoms with E-state index in [2.05, 4.69) is 27.9 Å². The first-order valence-electron chi connectivity index (χ1n) is 20.1. The molecule has 0 spiro atoms. The second-order valence-electron chi connectivity index (χ2n) is 14.1. The Morgan fingerprint density at radius 3 is 1.90 bits per heavy atom. The molecule has 2 aromatic rings. The summed E-state index contributed by atoms with van der Waals surface area (Å²) in [5.74, 6) is -2.47. The van der Waals surface area contributed by atoms with Crippen LogP contribution in [0.2, 0.25) is 0 Å². The number of aldehydes is 1. The van der Waals surface area contributed by atoms with E-state index < -0.39 is 77.1 Å². The smallest absolute Gasteiger partial charge is 0.507 e. The highest BCUT2D eigenvalue weighted by Gasteiger charge is 2.57. The predicted octanol–water partition coefficient (Wildman–Crippen LogP) is 5.82. The number of aromatic nitrogens is 2. The number of rotatable bonds is 14. The SMILES string of the molecule is C.CC(C)n1nccc1C1=C(COc2cccc(O)c2C=O)CCOC1.CCOC(=O)C1=C(OS(=O)(=O)C(F)(F)F)COCC1.CCOC(=O)C1CCOCC1=O.O=S(=O)(OS(=O)(=O)C(F)(F)F)C(F)(F)F. The van der Waals surface area contributed by atoms with Crippen LogP contribution in [-0.2, 0) is 76.2 Å². The minimum Gasteiger partial charge on any atom is -0.507 e. The van der Waals surface area contributed by atoms with Crippen molar-refractivity contribution < 1.29 is 125 Å². The number of Topliss-reactive ketones (excluding diaryl/α,β-unsaturated/α-hetero) is 1. The van der Waals surface area contributed by atoms with Crippen molar-refractivity contribution in [3.8, 4) is 11.5 Å². The van der Waals surface area contributed by atoms with Gasteiger partial charge in [-0.2, -0.15) is 69.9 Å². The third kappa shape index (κ3) is 18.6. The summed E-state index contributed by atoms with van der Waals surface area (Å²) >= 11 is 0. The van der Waals surface area contributed by atoms with Crippen molar-refractivity contribution in [2.24, 2.45) is 5.92 Å². The number of alkyl halides is 9. The molecule has 410 valence electrons. The number of phenols is 1. The number of hydrogen-bond donors (Lipinski definition) is 1. The number of esters is 2. The molecule has 1 unspecified atom stereocenters. The number of ketones is 1. The fourth-order valence-electron chi connectivity index (χ4n) is 5.52. The van der Waals surface area contributed by atoms with Crippen LogP contribution in [0, 0.1) is 5.92 Å². The number of ether oxygens (including phenoxy) is 6. The van der Waals surface area contributed by atoms with Crippen LogP contribution in [0.25, 0.3) is 5.57 Å². The number of benzene rings is 1. The summed E-state index contributed by atoms with van der Waals surface area (Å²) < 4.78 is 205. The number of halogens is 9. The number of hydrogen-bond acceptors (Lipinski definition) is 20. The van der Waals surface area contributed by atoms with E-state index in [1.807, 2.05) is 14.4 Å². The molecule has 1 N–H and O–H groups in total. The number of nitrogens with zero attached hydrogens (tertiary/aromatic N) is 2. The molecule has 0 radical (unpaired) electrons. The molecule has 5 rings (SSSR count). The van der Waals surface area contributed by atoms with Crippen LogP contribution in [0.4, 0.5) is 39.5 Å². The van der Waals surface area contributed by atoms with E-state index in [1.165, 1.54) is 13.0 Å². The Balaban J connectivity index is 0.000000496. The van der Waals surface area contributed by atoms with Crippen LogP contribution in [-0.4, -0.2) is 140 Å². The lowest BCUT2D eigenvalue weighted by atomic mass is 9.99. The molecule has 72 heavy (non-hydrogen) atoms. The van der Waals surface area contributed by atoms with Crippen molar-refractivity contribution >= 4 is 59.9 Å². The standard InChI is InChI=1S/C19H22N2O4.C9H11F3O6S.C8H12O4.C2F6O5S2.CH4/c1-13(2)21-17(6-8-20-21)16-12-24-9-7-14(16)11-25-19-5-3-4-18(23)15(19)10-22;1-2-17-8(13)6-3-4-16-5-7(6)18-19(14,15)9(10,11)12;1-2-12-8(10)6-3-4-11-5-7(6)9;3-1(4,5)14(9,10)13-15(11,12)2(6,7)8;/h3-6,8,10,13,23H,7,9,11-12H2,1-2H3;2-5H2,1H3;6H,2-5H2,1H3;;1H4. The van der Waals surface area contributed by atoms with Gasteiger partial charge in [-0.05, 0) is 64.3 Å². The molecule has 0 amide bonds. The van der Waals surface area contributed by atoms with Crippen LogP contribution in [0.15, 0.2) is 47.4 Å². The van der Waals surface area contributed by atoms with Gasteiger partial charge in [-0.25, -0.2) is 4.79 Å². The summed E-state index contributed by atoms with van der Waals surface area (Å²) in [4.78, 5) is 44.8. The first-order valence-corrected chi connectivity index (χ1v) is 24.3. The average Bonchev–Trinajstić information content (AvgIpc) is 3.76. The fourth-order valence-corrected chi connectivity index (χ4v) is 7.59. The molecule has 4 heterocycles. The highest BCUT2D eigenvalue weighted by atomic mass is 32.3. The average molecular weight is 1120 g/mol. The molecule has 3 aliphatic rings. The van der Waals surface area contributed by atoms with Gasteiger partial charge in [0.05, 0.1) is 49.9 Å². The Bertz CT molecular complexity index is 2530. The molecule has 1 atom stereocenters. The zero-order valence-electron chi connectivity index (χ0n) is 37.4. The van der Waals surface area contributed by atoms with Gasteiger partial charge in [0, 0.05) is 30.8 Å². The van der Waals surface area contributed by atoms with Crippen LogP contribution in [0.5, 0.6) is 11.5 Å². The van der Waals surface area contributed by atoms with Crippen molar-refractivity contribution in [3.05, 3.63) is 58.6 Å². The summed E-state index contributed by atoms with van der Waals surface area (Å²) in [6.07, 6.45) is 3.53. The van der Waals surface area contributed by atoms with Gasteiger partial charge in [0.1, 0.15) is 37.2 Å². The number of aromatic hydroxyl groups is 1. The summed E-state index contributed by atoms with van der Waals surface area (Å²) in [7, 11) is -19.5. The molecule has 21 nitrogen and oxygen atoms in total. The second-order valence-corrected chi connectivity index (χ2v) is 18.9. The van der Waals surface area contributed by atoms with Gasteiger partial charge in [-0.1, -0.05) is 13.5 Å². The van der Waals surface area contributed by atoms with Crippen molar-refractivity contribution in [1.29, 1.82) is 0 Å². The number of carbonyl (C=O) groups is 4. The van der Waals surface area contributed by atoms with Crippen LogP contribution in [0.3, 0.4) is 0 Å². The van der Waals surface area contributed by atoms with E-state index in [9.17, 15) is 89.1 Å². The lowest BCUT2D eigenvalue weighted by Gasteiger charge is -2.23. The Morgan fingerprint density at radius 1 is 0.819 bits per heavy atom. The van der Waals surface area contributed by atoms with Crippen molar-refractivity contribution in [3.63, 3.8) is 0 Å². The minimum absolute atomic E-state index is 0. The molecule has 1 fully saturated rings. The lowest BCUT2D eigenvalue weighted by Crippen LogP contribution is -2.34. The van der Waals surface area contributed by atoms with Crippen LogP contribution in [0.1, 0.15) is 76.5 Å². The molecule has 1 saturated heterocycles. The van der Waals surface area contributed by atoms with E-state index in [-0.39, 0.29) is 62.4 Å². The highest BCUT2D eigenvalue weighted by molar-refractivity contribution is 8.00. The maximum absolute atomic E-state index is 12.2. The molecule has 0 bridgehead atoms. The van der Waals surface area contributed by atoms with Gasteiger partial charge in [-0.15, -0.1) is 3.63 Å². The lowest BCUT2D eigenvalue weighted by molar-refractivity contribution is -0.156. The largest absolute Gasteiger partial charge is 0.534 e. The summed E-state index contributed by atoms with van der Waals surface area (Å²) in [5, 5.41) is 14.2. The topological polar surface area (TPSA) is 283 Å². The maximum Gasteiger partial charge on any atom is 0.534 e. The van der Waals surface area contributed by atoms with Crippen molar-refractivity contribution in [2.45, 2.75) is 77.0 Å². The monoisotopic (exact) mass is 1120 g/mol. The molecule has 1 aromatic carbocycles. The third-order valence-corrected chi connectivity index (χ3v) is 12.4. The molecular weight excluding hydrogens is 1070 g/mol. The maximum atomic E-state index is 12.2. The summed E-state index contributed by atoms with van der Waals surface area (Å²) in [5.41, 5.74) is -15.0. The van der Waals surface area contributed by atoms with Gasteiger partial charge < -0.3 is 37.7 Å². The first-order chi connectivity index (χ1) is 32.8. The van der Waals surface area contributed by atoms with E-state index in [0.717, 1.165) is 23.3 Å². The molecule has 33 heteroatoms. The molecule has 1 aromatic heterocycles. The molecule has 0 saturated carbocycles. The molecule has 3 aliphatic heterocycles. The Labute approximate surface area is 406 Å². The van der Waals surface area contributed by atoms with Gasteiger partial charge in [0.25, 0.3) is 0 Å². The molecule has 0 aliphatic carbocycles. The quantitative estimate of drug-likeness (QED) is 0.0582. The number of carbonyl (C=O) groups excluding carboxylic acids is 4.